The third-order valence-electron chi connectivity index (χ3n) is 24.1. The molecule has 0 radical (unpaired) electrons. The smallest absolute Gasteiger partial charge is 0.253 e. The van der Waals surface area contributed by atoms with Gasteiger partial charge < -0.3 is 75.6 Å². The number of nitrogens with one attached hydrogen (secondary N) is 9. The molecule has 4 amide bonds. The van der Waals surface area contributed by atoms with Gasteiger partial charge in [-0.15, -0.1) is 0 Å². The molecular formula is C105H109N23O10. The van der Waals surface area contributed by atoms with Gasteiger partial charge in [0.2, 0.25) is 22.2 Å². The van der Waals surface area contributed by atoms with E-state index in [2.05, 4.69) is 95.0 Å². The molecule has 12 aromatic heterocycles. The molecule has 2 saturated heterocycles. The minimum absolute atomic E-state index is 0.0340. The molecule has 33 heteroatoms. The summed E-state index contributed by atoms with van der Waals surface area (Å²) in [5.74, 6) is -0.0178. The molecule has 0 spiro atoms. The van der Waals surface area contributed by atoms with E-state index in [1.54, 1.807) is 105 Å². The first-order chi connectivity index (χ1) is 67.4. The Kier molecular flexibility index (Phi) is 31.2. The number of likely N-dealkylation sites (N-methyl/N-ethyl adjacent to an activating group) is 2. The zero-order valence-corrected chi connectivity index (χ0v) is 77.4. The fraction of sp³-hybridized carbons (Fsp3) is 0.219. The Labute approximate surface area is 795 Å². The van der Waals surface area contributed by atoms with Crippen molar-refractivity contribution < 1.29 is 28.7 Å². The number of nitrogens with zero attached hydrogens (tertiary/aromatic N) is 14. The number of fused-ring (bicyclic) bond motifs is 4. The van der Waals surface area contributed by atoms with Gasteiger partial charge in [-0.2, -0.15) is 0 Å². The molecule has 0 aliphatic carbocycles. The van der Waals surface area contributed by atoms with Crippen molar-refractivity contribution in [1.82, 2.24) is 92.2 Å². The lowest BCUT2D eigenvalue weighted by Gasteiger charge is -2.34. The van der Waals surface area contributed by atoms with Crippen LogP contribution in [-0.4, -0.2) is 236 Å². The number of H-pyrrole nitrogens is 4. The molecule has 2 aliphatic heterocycles. The number of morpholine rings is 1. The SMILES string of the molecule is CCN(CC)CCN(CC)C(=O)c1ccc(Nc2ccc(-c3cc[nH]c(=O)c3)n3ccnc23)cc1.CN(Cc1ccccc1)C(=O)c1ccc(Nc2ccc(-c3cc[nH]c(=O)c3)n3ccnc23)cc1.COCCN1CCN(C(=O)c2ccc(Nc3ccc(-c4cc[nH]c(=O)c4)n4ccnc34)cc2)CC1.O=C(NCCN1CCOCC1)c1ccc(Nc2ccc(-c3cc[nH]c(=O)c3)n3ccnc23)cc1. The summed E-state index contributed by atoms with van der Waals surface area (Å²) in [4.78, 5) is 139. The maximum atomic E-state index is 13.0. The molecule has 138 heavy (non-hydrogen) atoms. The van der Waals surface area contributed by atoms with Crippen molar-refractivity contribution in [3.8, 4) is 45.0 Å². The molecule has 17 aromatic rings. The number of carbonyl (C=O) groups excluding carboxylic acids is 4. The van der Waals surface area contributed by atoms with Crippen molar-refractivity contribution in [1.29, 1.82) is 0 Å². The number of methoxy groups -OCH3 is 1. The summed E-state index contributed by atoms with van der Waals surface area (Å²) < 4.78 is 18.3. The largest absolute Gasteiger partial charge is 0.383 e. The van der Waals surface area contributed by atoms with E-state index in [0.717, 1.165) is 204 Å². The zero-order valence-electron chi connectivity index (χ0n) is 77.4. The topological polar surface area (TPSA) is 367 Å². The summed E-state index contributed by atoms with van der Waals surface area (Å²) in [6, 6.07) is 69.0. The van der Waals surface area contributed by atoms with Gasteiger partial charge in [-0.25, -0.2) is 19.9 Å². The van der Waals surface area contributed by atoms with E-state index in [0.29, 0.717) is 55.0 Å². The lowest BCUT2D eigenvalue weighted by atomic mass is 10.1. The standard InChI is InChI=1S/C27H32N6O2.C27H23N5O2.C26H28N6O3.C25H26N6O3/c1-4-31(5-2)17-18-32(6-3)27(35)20-7-9-22(10-8-20)30-23-11-12-24(33-16-15-29-26(23)33)21-13-14-28-25(34)19-21;1-31(18-19-5-3-2-4-6-19)27(34)20-7-9-22(10-8-20)30-23-11-12-24(32-16-15-29-26(23)32)21-13-14-28-25(33)17-21;1-35-17-16-30-12-14-31(15-13-30)26(34)19-2-4-21(5-3-19)29-22-6-7-23(32-11-10-28-25(22)32)20-8-9-27-24(33)18-20;32-23-17-19(7-8-26-23)22-6-5-21(24-27-10-12-31(22)24)29-20-3-1-18(2-4-20)25(33)28-9-11-30-13-15-34-16-14-30/h7-16,19,30H,4-6,17-18H2,1-3H3,(H,28,34);2-17,30H,18H2,1H3,(H,28,33);2-11,18,29H,12-17H2,1H3,(H,27,33);1-8,10,12,17,29H,9,11,13-16H2,(H,26,32)(H,28,33). The molecule has 14 heterocycles. The van der Waals surface area contributed by atoms with E-state index in [1.807, 2.05) is 247 Å². The van der Waals surface area contributed by atoms with Gasteiger partial charge in [-0.3, -0.25) is 65.8 Å². The molecule has 19 rings (SSSR count). The molecule has 5 aromatic carbocycles. The Balaban J connectivity index is 0.000000133. The molecule has 0 atom stereocenters. The van der Waals surface area contributed by atoms with Crippen LogP contribution in [0.4, 0.5) is 45.5 Å². The Morgan fingerprint density at radius 2 is 0.775 bits per heavy atom. The van der Waals surface area contributed by atoms with E-state index in [1.165, 1.54) is 0 Å². The van der Waals surface area contributed by atoms with Crippen LogP contribution in [0.5, 0.6) is 0 Å². The monoisotopic (exact) mass is 1850 g/mol. The van der Waals surface area contributed by atoms with E-state index >= 15 is 0 Å². The molecule has 704 valence electrons. The van der Waals surface area contributed by atoms with Crippen molar-refractivity contribution in [3.63, 3.8) is 0 Å². The lowest BCUT2D eigenvalue weighted by Crippen LogP contribution is -2.49. The number of amides is 4. The predicted octanol–water partition coefficient (Wildman–Crippen LogP) is 14.3. The maximum Gasteiger partial charge on any atom is 0.253 e. The second-order valence-electron chi connectivity index (χ2n) is 33.0. The highest BCUT2D eigenvalue weighted by Crippen LogP contribution is 2.33. The highest BCUT2D eigenvalue weighted by Gasteiger charge is 2.25. The molecule has 33 nitrogen and oxygen atoms in total. The lowest BCUT2D eigenvalue weighted by molar-refractivity contribution is 0.0383. The molecule has 0 saturated carbocycles. The normalized spacial score (nSPS) is 12.7. The molecule has 2 aliphatic rings. The number of benzene rings is 5. The summed E-state index contributed by atoms with van der Waals surface area (Å²) >= 11 is 0. The Morgan fingerprint density at radius 3 is 1.14 bits per heavy atom. The first kappa shape index (κ1) is 94.7. The van der Waals surface area contributed by atoms with E-state index < -0.39 is 0 Å². The van der Waals surface area contributed by atoms with Crippen LogP contribution < -0.4 is 48.8 Å². The maximum absolute atomic E-state index is 13.0. The van der Waals surface area contributed by atoms with Gasteiger partial charge in [0, 0.05) is 265 Å². The fourth-order valence-electron chi connectivity index (χ4n) is 16.6. The van der Waals surface area contributed by atoms with Crippen molar-refractivity contribution in [2.75, 3.05) is 147 Å². The van der Waals surface area contributed by atoms with Crippen LogP contribution >= 0.6 is 0 Å². The number of aromatic nitrogens is 12. The highest BCUT2D eigenvalue weighted by molar-refractivity contribution is 5.97. The third-order valence-corrected chi connectivity index (χ3v) is 24.1. The Bertz CT molecular complexity index is 7280. The minimum Gasteiger partial charge on any atom is -0.383 e. The van der Waals surface area contributed by atoms with Crippen LogP contribution in [0.1, 0.15) is 67.8 Å². The molecule has 0 bridgehead atoms. The number of hydrogen-bond acceptors (Lipinski definition) is 21. The van der Waals surface area contributed by atoms with E-state index in [9.17, 15) is 38.4 Å². The minimum atomic E-state index is -0.156. The second kappa shape index (κ2) is 45.5. The Hall–Kier alpha value is -16.5. The number of imidazole rings is 4. The van der Waals surface area contributed by atoms with Crippen LogP contribution in [0.2, 0.25) is 0 Å². The van der Waals surface area contributed by atoms with Gasteiger partial charge >= 0.3 is 0 Å². The summed E-state index contributed by atoms with van der Waals surface area (Å²) in [5, 5.41) is 16.5. The molecule has 0 unspecified atom stereocenters. The van der Waals surface area contributed by atoms with Gasteiger partial charge in [-0.05, 0) is 195 Å². The first-order valence-electron chi connectivity index (χ1n) is 45.9. The predicted molar refractivity (Wildman–Crippen MR) is 539 cm³/mol. The molecule has 9 N–H and O–H groups in total. The summed E-state index contributed by atoms with van der Waals surface area (Å²) in [6.45, 7) is 20.6. The van der Waals surface area contributed by atoms with Crippen LogP contribution in [0.25, 0.3) is 67.6 Å². The number of aromatic amines is 4. The van der Waals surface area contributed by atoms with Gasteiger partial charge in [0.1, 0.15) is 0 Å². The van der Waals surface area contributed by atoms with E-state index in [-0.39, 0.29) is 45.9 Å². The van der Waals surface area contributed by atoms with Crippen LogP contribution in [0.3, 0.4) is 0 Å². The van der Waals surface area contributed by atoms with Gasteiger partial charge in [0.05, 0.1) is 65.3 Å². The summed E-state index contributed by atoms with van der Waals surface area (Å²) in [5.41, 5.74) is 19.5. The zero-order chi connectivity index (χ0) is 95.8. The van der Waals surface area contributed by atoms with Gasteiger partial charge in [-0.1, -0.05) is 44.2 Å². The van der Waals surface area contributed by atoms with Gasteiger partial charge in [0.25, 0.3) is 23.6 Å². The van der Waals surface area contributed by atoms with Crippen molar-refractivity contribution in [2.24, 2.45) is 0 Å². The number of pyridine rings is 8. The van der Waals surface area contributed by atoms with Crippen LogP contribution in [0.15, 0.2) is 318 Å². The average Bonchev–Trinajstić information content (AvgIpc) is 1.59. The van der Waals surface area contributed by atoms with Crippen molar-refractivity contribution in [2.45, 2.75) is 27.3 Å². The van der Waals surface area contributed by atoms with E-state index in [4.69, 9.17) is 9.47 Å². The van der Waals surface area contributed by atoms with Crippen molar-refractivity contribution in [3.05, 3.63) is 368 Å². The molecule has 2 fully saturated rings. The summed E-state index contributed by atoms with van der Waals surface area (Å²) in [6.07, 6.45) is 20.9. The summed E-state index contributed by atoms with van der Waals surface area (Å²) in [7, 11) is 3.51. The van der Waals surface area contributed by atoms with Crippen LogP contribution in [0, 0.1) is 0 Å². The highest BCUT2D eigenvalue weighted by atomic mass is 16.5. The number of anilines is 8. The fourth-order valence-corrected chi connectivity index (χ4v) is 16.6. The number of piperazine rings is 1. The van der Waals surface area contributed by atoms with Crippen LogP contribution in [-0.2, 0) is 16.0 Å². The Morgan fingerprint density at radius 1 is 0.406 bits per heavy atom. The quantitative estimate of drug-likeness (QED) is 0.0202. The third kappa shape index (κ3) is 23.6. The number of hydrogen-bond donors (Lipinski definition) is 9. The van der Waals surface area contributed by atoms with Gasteiger partial charge in [0.15, 0.2) is 22.6 Å². The number of ether oxygens (including phenoxy) is 2. The first-order valence-corrected chi connectivity index (χ1v) is 45.9. The molecular weight excluding hydrogens is 1740 g/mol. The number of carbonyl (C=O) groups is 4. The average molecular weight is 1850 g/mol. The second-order valence-corrected chi connectivity index (χ2v) is 33.0. The number of rotatable bonds is 30. The van der Waals surface area contributed by atoms with Crippen molar-refractivity contribution >= 4 is 91.7 Å².